The molecule has 3 atom stereocenters. The summed E-state index contributed by atoms with van der Waals surface area (Å²) in [7, 11) is 1.65. The molecule has 3 unspecified atom stereocenters. The fourth-order valence-electron chi connectivity index (χ4n) is 2.61. The van der Waals surface area contributed by atoms with Gasteiger partial charge in [-0.25, -0.2) is 0 Å². The summed E-state index contributed by atoms with van der Waals surface area (Å²) in [6.07, 6.45) is -0.148. The first kappa shape index (κ1) is 17.3. The van der Waals surface area contributed by atoms with Crippen molar-refractivity contribution >= 4 is 11.6 Å². The zero-order valence-electron chi connectivity index (χ0n) is 12.9. The average Bonchev–Trinajstić information content (AvgIpc) is 2.39. The molecule has 0 amide bonds. The molecule has 0 spiro atoms. The van der Waals surface area contributed by atoms with E-state index >= 15 is 0 Å². The van der Waals surface area contributed by atoms with Gasteiger partial charge in [-0.15, -0.1) is 0 Å². The maximum atomic E-state index is 9.96. The zero-order chi connectivity index (χ0) is 15.4. The van der Waals surface area contributed by atoms with E-state index in [2.05, 4.69) is 6.92 Å². The molecule has 0 fully saturated rings. The van der Waals surface area contributed by atoms with Crippen LogP contribution >= 0.6 is 11.6 Å². The Morgan fingerprint density at radius 2 is 1.90 bits per heavy atom. The number of benzene rings is 1. The lowest BCUT2D eigenvalue weighted by atomic mass is 9.85. The zero-order valence-corrected chi connectivity index (χ0v) is 13.7. The van der Waals surface area contributed by atoms with Crippen LogP contribution < -0.4 is 4.74 Å². The fraction of sp³-hybridized carbons (Fsp3) is 0.625. The van der Waals surface area contributed by atoms with E-state index in [1.54, 1.807) is 14.0 Å². The van der Waals surface area contributed by atoms with Crippen LogP contribution in [0.15, 0.2) is 6.07 Å². The molecular weight excluding hydrogens is 276 g/mol. The Bertz CT molecular complexity index is 458. The van der Waals surface area contributed by atoms with Gasteiger partial charge in [-0.2, -0.15) is 0 Å². The number of rotatable bonds is 6. The van der Waals surface area contributed by atoms with Crippen molar-refractivity contribution in [1.82, 2.24) is 0 Å². The number of methoxy groups -OCH3 is 1. The minimum atomic E-state index is -0.747. The smallest absolute Gasteiger partial charge is 0.125 e. The predicted molar refractivity (Wildman–Crippen MR) is 82.8 cm³/mol. The summed E-state index contributed by atoms with van der Waals surface area (Å²) >= 11 is 6.28. The lowest BCUT2D eigenvalue weighted by Gasteiger charge is -2.26. The third kappa shape index (κ3) is 3.66. The van der Waals surface area contributed by atoms with Gasteiger partial charge in [-0.05, 0) is 56.7 Å². The minimum absolute atomic E-state index is 0.104. The molecule has 0 bridgehead atoms. The fourth-order valence-corrected chi connectivity index (χ4v) is 2.88. The second-order valence-electron chi connectivity index (χ2n) is 5.40. The maximum absolute atomic E-state index is 9.96. The predicted octanol–water partition coefficient (Wildman–Crippen LogP) is 3.59. The molecular formula is C16H25ClO3. The van der Waals surface area contributed by atoms with Crippen molar-refractivity contribution in [3.05, 3.63) is 27.8 Å². The number of aryl methyl sites for hydroxylation is 1. The van der Waals surface area contributed by atoms with Gasteiger partial charge in [-0.3, -0.25) is 0 Å². The summed E-state index contributed by atoms with van der Waals surface area (Å²) in [4.78, 5) is 0. The quantitative estimate of drug-likeness (QED) is 0.844. The highest BCUT2D eigenvalue weighted by atomic mass is 35.5. The van der Waals surface area contributed by atoms with Crippen LogP contribution in [-0.2, 0) is 0 Å². The number of halogens is 1. The molecule has 0 saturated carbocycles. The van der Waals surface area contributed by atoms with Gasteiger partial charge in [-0.1, -0.05) is 18.5 Å². The first-order chi connectivity index (χ1) is 9.33. The van der Waals surface area contributed by atoms with Gasteiger partial charge in [0.1, 0.15) is 5.75 Å². The summed E-state index contributed by atoms with van der Waals surface area (Å²) in [6, 6.07) is 1.90. The molecule has 0 aliphatic carbocycles. The topological polar surface area (TPSA) is 49.7 Å². The molecule has 4 heteroatoms. The van der Waals surface area contributed by atoms with Crippen LogP contribution in [0.4, 0.5) is 0 Å². The highest BCUT2D eigenvalue weighted by molar-refractivity contribution is 6.31. The molecule has 2 N–H and O–H groups in total. The Morgan fingerprint density at radius 1 is 1.30 bits per heavy atom. The van der Waals surface area contributed by atoms with Crippen LogP contribution in [0.1, 0.15) is 49.3 Å². The molecule has 114 valence electrons. The van der Waals surface area contributed by atoms with E-state index < -0.39 is 12.2 Å². The highest BCUT2D eigenvalue weighted by Crippen LogP contribution is 2.40. The summed E-state index contributed by atoms with van der Waals surface area (Å²) in [6.45, 7) is 7.60. The molecule has 0 aromatic heterocycles. The molecule has 3 nitrogen and oxygen atoms in total. The molecule has 1 rings (SSSR count). The summed E-state index contributed by atoms with van der Waals surface area (Å²) in [5, 5.41) is 20.2. The number of hydrogen-bond donors (Lipinski definition) is 2. The van der Waals surface area contributed by atoms with Crippen molar-refractivity contribution in [2.75, 3.05) is 7.11 Å². The number of ether oxygens (including phenoxy) is 1. The highest BCUT2D eigenvalue weighted by Gasteiger charge is 2.24. The monoisotopic (exact) mass is 300 g/mol. The first-order valence-corrected chi connectivity index (χ1v) is 7.40. The van der Waals surface area contributed by atoms with Crippen LogP contribution in [-0.4, -0.2) is 29.5 Å². The van der Waals surface area contributed by atoms with E-state index in [1.165, 1.54) is 0 Å². The van der Waals surface area contributed by atoms with Gasteiger partial charge in [0.25, 0.3) is 0 Å². The molecule has 20 heavy (non-hydrogen) atoms. The van der Waals surface area contributed by atoms with Crippen molar-refractivity contribution < 1.29 is 14.9 Å². The lowest BCUT2D eigenvalue weighted by molar-refractivity contribution is 0.0213. The number of aliphatic hydroxyl groups excluding tert-OH is 2. The first-order valence-electron chi connectivity index (χ1n) is 7.03. The molecule has 1 aromatic carbocycles. The molecule has 1 aromatic rings. The third-order valence-electron chi connectivity index (χ3n) is 3.90. The van der Waals surface area contributed by atoms with Gasteiger partial charge < -0.3 is 14.9 Å². The normalized spacial score (nSPS) is 15.8. The number of aliphatic hydroxyl groups is 2. The largest absolute Gasteiger partial charge is 0.496 e. The van der Waals surface area contributed by atoms with Crippen LogP contribution in [0, 0.1) is 13.8 Å². The van der Waals surface area contributed by atoms with Crippen LogP contribution in [0.25, 0.3) is 0 Å². The molecule has 0 radical (unpaired) electrons. The SMILES string of the molecule is CCC(CC(O)C(C)O)c1c(C)c(Cl)cc(C)c1OC. The minimum Gasteiger partial charge on any atom is -0.496 e. The lowest BCUT2D eigenvalue weighted by Crippen LogP contribution is -2.25. The van der Waals surface area contributed by atoms with Crippen molar-refractivity contribution in [3.8, 4) is 5.75 Å². The van der Waals surface area contributed by atoms with E-state index in [0.717, 1.165) is 28.9 Å². The van der Waals surface area contributed by atoms with E-state index in [0.29, 0.717) is 11.4 Å². The molecule has 0 aliphatic heterocycles. The average molecular weight is 301 g/mol. The Labute approximate surface area is 126 Å². The van der Waals surface area contributed by atoms with E-state index in [4.69, 9.17) is 16.3 Å². The Balaban J connectivity index is 3.26. The summed E-state index contributed by atoms with van der Waals surface area (Å²) < 4.78 is 5.53. The van der Waals surface area contributed by atoms with Crippen molar-refractivity contribution in [3.63, 3.8) is 0 Å². The molecule has 0 heterocycles. The van der Waals surface area contributed by atoms with E-state index in [9.17, 15) is 10.2 Å². The Morgan fingerprint density at radius 3 is 2.35 bits per heavy atom. The van der Waals surface area contributed by atoms with Gasteiger partial charge >= 0.3 is 0 Å². The van der Waals surface area contributed by atoms with Gasteiger partial charge in [0.2, 0.25) is 0 Å². The van der Waals surface area contributed by atoms with Crippen molar-refractivity contribution in [2.24, 2.45) is 0 Å². The van der Waals surface area contributed by atoms with Crippen molar-refractivity contribution in [1.29, 1.82) is 0 Å². The summed E-state index contributed by atoms with van der Waals surface area (Å²) in [5.41, 5.74) is 3.02. The third-order valence-corrected chi connectivity index (χ3v) is 4.29. The van der Waals surface area contributed by atoms with E-state index in [1.807, 2.05) is 19.9 Å². The second kappa shape index (κ2) is 7.30. The summed E-state index contributed by atoms with van der Waals surface area (Å²) in [5.74, 6) is 0.934. The molecule has 0 saturated heterocycles. The van der Waals surface area contributed by atoms with Crippen LogP contribution in [0.2, 0.25) is 5.02 Å². The van der Waals surface area contributed by atoms with Crippen molar-refractivity contribution in [2.45, 2.75) is 58.7 Å². The van der Waals surface area contributed by atoms with E-state index in [-0.39, 0.29) is 5.92 Å². The Kier molecular flexibility index (Phi) is 6.31. The van der Waals surface area contributed by atoms with Crippen LogP contribution in [0.5, 0.6) is 5.75 Å². The molecule has 0 aliphatic rings. The Hall–Kier alpha value is -0.770. The van der Waals surface area contributed by atoms with Gasteiger partial charge in [0, 0.05) is 10.6 Å². The second-order valence-corrected chi connectivity index (χ2v) is 5.80. The van der Waals surface area contributed by atoms with Gasteiger partial charge in [0.15, 0.2) is 0 Å². The standard InChI is InChI=1S/C16H25ClO3/c1-6-12(8-14(19)11(4)18)15-10(3)13(17)7-9(2)16(15)20-5/h7,11-12,14,18-19H,6,8H2,1-5H3. The number of hydrogen-bond acceptors (Lipinski definition) is 3. The van der Waals surface area contributed by atoms with Crippen LogP contribution in [0.3, 0.4) is 0 Å². The maximum Gasteiger partial charge on any atom is 0.125 e. The van der Waals surface area contributed by atoms with Gasteiger partial charge in [0.05, 0.1) is 19.3 Å².